The van der Waals surface area contributed by atoms with Crippen LogP contribution >= 0.6 is 0 Å². The van der Waals surface area contributed by atoms with Crippen molar-refractivity contribution < 1.29 is 4.85 Å². The van der Waals surface area contributed by atoms with Gasteiger partial charge in [0.2, 0.25) is 5.52 Å². The van der Waals surface area contributed by atoms with Crippen LogP contribution in [0.3, 0.4) is 0 Å². The Morgan fingerprint density at radius 2 is 1.72 bits per heavy atom. The maximum atomic E-state index is 11.7. The second kappa shape index (κ2) is 4.14. The van der Waals surface area contributed by atoms with Crippen molar-refractivity contribution in [2.75, 3.05) is 0 Å². The van der Waals surface area contributed by atoms with Crippen molar-refractivity contribution >= 4 is 11.0 Å². The first kappa shape index (κ1) is 10.8. The maximum Gasteiger partial charge on any atom is 0.202 e. The molecule has 4 heteroatoms. The molecule has 0 saturated heterocycles. The Morgan fingerprint density at radius 3 is 2.50 bits per heavy atom. The van der Waals surface area contributed by atoms with Gasteiger partial charge in [-0.05, 0) is 24.6 Å². The standard InChI is InChI=1S/C14H13N3O/c1-11(12-7-3-2-4-8-12)16-13-9-5-6-10-14(13)17(18)15-16/h2-11H,1H3. The molecule has 0 amide bonds. The van der Waals surface area contributed by atoms with Gasteiger partial charge in [0.15, 0.2) is 5.52 Å². The largest absolute Gasteiger partial charge is 0.691 e. The van der Waals surface area contributed by atoms with E-state index in [9.17, 15) is 5.21 Å². The Labute approximate surface area is 105 Å². The fraction of sp³-hybridized carbons (Fsp3) is 0.143. The molecule has 4 nitrogen and oxygen atoms in total. The van der Waals surface area contributed by atoms with E-state index < -0.39 is 0 Å². The highest BCUT2D eigenvalue weighted by molar-refractivity contribution is 5.71. The van der Waals surface area contributed by atoms with Gasteiger partial charge in [-0.3, -0.25) is 0 Å². The predicted octanol–water partition coefficient (Wildman–Crippen LogP) is 2.28. The Bertz CT molecular complexity index is 676. The van der Waals surface area contributed by atoms with Gasteiger partial charge >= 0.3 is 0 Å². The van der Waals surface area contributed by atoms with E-state index in [0.717, 1.165) is 11.1 Å². The molecule has 0 N–H and O–H groups in total. The average molecular weight is 239 g/mol. The number of aromatic nitrogens is 3. The summed E-state index contributed by atoms with van der Waals surface area (Å²) in [4.78, 5) is 0.675. The van der Waals surface area contributed by atoms with Crippen molar-refractivity contribution in [3.8, 4) is 0 Å². The summed E-state index contributed by atoms with van der Waals surface area (Å²) in [7, 11) is 0. The molecule has 3 rings (SSSR count). The lowest BCUT2D eigenvalue weighted by atomic mass is 10.1. The van der Waals surface area contributed by atoms with Gasteiger partial charge in [0.25, 0.3) is 0 Å². The molecule has 1 heterocycles. The molecule has 0 spiro atoms. The minimum atomic E-state index is 0.0336. The number of para-hydroxylation sites is 2. The molecule has 0 saturated carbocycles. The zero-order valence-electron chi connectivity index (χ0n) is 10.0. The van der Waals surface area contributed by atoms with Crippen LogP contribution in [-0.2, 0) is 0 Å². The first-order valence-corrected chi connectivity index (χ1v) is 5.89. The van der Waals surface area contributed by atoms with Crippen LogP contribution < -0.4 is 4.85 Å². The monoisotopic (exact) mass is 239 g/mol. The molecule has 90 valence electrons. The molecule has 0 aliphatic heterocycles. The summed E-state index contributed by atoms with van der Waals surface area (Å²) < 4.78 is 1.76. The second-order valence-electron chi connectivity index (χ2n) is 4.28. The van der Waals surface area contributed by atoms with Crippen LogP contribution in [0.4, 0.5) is 0 Å². The van der Waals surface area contributed by atoms with Crippen molar-refractivity contribution in [3.63, 3.8) is 0 Å². The van der Waals surface area contributed by atoms with Crippen molar-refractivity contribution in [2.45, 2.75) is 13.0 Å². The smallest absolute Gasteiger partial charge is 0.202 e. The Morgan fingerprint density at radius 1 is 1.06 bits per heavy atom. The molecule has 1 aromatic heterocycles. The van der Waals surface area contributed by atoms with E-state index in [4.69, 9.17) is 0 Å². The zero-order valence-corrected chi connectivity index (χ0v) is 10.0. The van der Waals surface area contributed by atoms with Crippen LogP contribution in [0, 0.1) is 5.21 Å². The number of nitrogens with zero attached hydrogens (tertiary/aromatic N) is 3. The summed E-state index contributed by atoms with van der Waals surface area (Å²) in [5.74, 6) is 0. The fourth-order valence-electron chi connectivity index (χ4n) is 2.16. The van der Waals surface area contributed by atoms with Gasteiger partial charge in [-0.25, -0.2) is 0 Å². The summed E-state index contributed by atoms with van der Waals surface area (Å²) in [6.45, 7) is 2.04. The number of hydrogen-bond donors (Lipinski definition) is 0. The van der Waals surface area contributed by atoms with Gasteiger partial charge in [-0.1, -0.05) is 42.5 Å². The van der Waals surface area contributed by atoms with E-state index >= 15 is 0 Å². The van der Waals surface area contributed by atoms with Gasteiger partial charge in [-0.15, -0.1) is 9.53 Å². The maximum absolute atomic E-state index is 11.7. The third-order valence-corrected chi connectivity index (χ3v) is 3.16. The molecule has 1 atom stereocenters. The van der Waals surface area contributed by atoms with Crippen molar-refractivity contribution in [3.05, 3.63) is 65.4 Å². The van der Waals surface area contributed by atoms with E-state index in [1.807, 2.05) is 55.5 Å². The number of benzene rings is 2. The van der Waals surface area contributed by atoms with E-state index in [1.165, 1.54) is 0 Å². The summed E-state index contributed by atoms with van der Waals surface area (Å²) in [6.07, 6.45) is 0. The summed E-state index contributed by atoms with van der Waals surface area (Å²) >= 11 is 0. The SMILES string of the molecule is CC(c1ccccc1)n1n[n+]([O-])c2ccccc21. The van der Waals surface area contributed by atoms with Gasteiger partial charge < -0.3 is 5.21 Å². The Balaban J connectivity index is 2.15. The van der Waals surface area contributed by atoms with Crippen LogP contribution in [0.25, 0.3) is 11.0 Å². The Hall–Kier alpha value is -2.36. The molecule has 1 unspecified atom stereocenters. The van der Waals surface area contributed by atoms with Crippen LogP contribution in [-0.4, -0.2) is 9.90 Å². The molecule has 0 fully saturated rings. The highest BCUT2D eigenvalue weighted by Crippen LogP contribution is 2.20. The lowest BCUT2D eigenvalue weighted by Gasteiger charge is -2.06. The molecule has 18 heavy (non-hydrogen) atoms. The van der Waals surface area contributed by atoms with Crippen LogP contribution in [0.5, 0.6) is 0 Å². The van der Waals surface area contributed by atoms with Crippen molar-refractivity contribution in [2.24, 2.45) is 0 Å². The van der Waals surface area contributed by atoms with E-state index in [2.05, 4.69) is 5.21 Å². The molecule has 0 bridgehead atoms. The molecule has 0 aliphatic rings. The third-order valence-electron chi connectivity index (χ3n) is 3.16. The van der Waals surface area contributed by atoms with Gasteiger partial charge in [0, 0.05) is 0 Å². The number of fused-ring (bicyclic) bond motifs is 1. The van der Waals surface area contributed by atoms with E-state index in [-0.39, 0.29) is 6.04 Å². The minimum Gasteiger partial charge on any atom is -0.691 e. The third kappa shape index (κ3) is 1.62. The van der Waals surface area contributed by atoms with Crippen LogP contribution in [0.15, 0.2) is 54.6 Å². The summed E-state index contributed by atoms with van der Waals surface area (Å²) in [6, 6.07) is 17.5. The van der Waals surface area contributed by atoms with Gasteiger partial charge in [-0.2, -0.15) is 0 Å². The molecule has 0 radical (unpaired) electrons. The Kier molecular flexibility index (Phi) is 2.48. The highest BCUT2D eigenvalue weighted by atomic mass is 16.5. The van der Waals surface area contributed by atoms with Crippen LogP contribution in [0.1, 0.15) is 18.5 Å². The molecule has 3 aromatic rings. The lowest BCUT2D eigenvalue weighted by Crippen LogP contribution is -2.30. The summed E-state index contributed by atoms with van der Waals surface area (Å²) in [5.41, 5.74) is 2.58. The first-order valence-electron chi connectivity index (χ1n) is 5.89. The fourth-order valence-corrected chi connectivity index (χ4v) is 2.16. The lowest BCUT2D eigenvalue weighted by molar-refractivity contribution is -0.646. The quantitative estimate of drug-likeness (QED) is 0.508. The highest BCUT2D eigenvalue weighted by Gasteiger charge is 2.20. The predicted molar refractivity (Wildman–Crippen MR) is 68.9 cm³/mol. The van der Waals surface area contributed by atoms with Crippen LogP contribution in [0.2, 0.25) is 0 Å². The zero-order chi connectivity index (χ0) is 12.5. The normalized spacial score (nSPS) is 12.7. The number of rotatable bonds is 2. The van der Waals surface area contributed by atoms with Crippen molar-refractivity contribution in [1.82, 2.24) is 9.90 Å². The molecular weight excluding hydrogens is 226 g/mol. The topological polar surface area (TPSA) is 44.8 Å². The number of hydrogen-bond acceptors (Lipinski definition) is 2. The summed E-state index contributed by atoms with van der Waals surface area (Å²) in [5, 5.41) is 15.8. The van der Waals surface area contributed by atoms with E-state index in [1.54, 1.807) is 10.7 Å². The minimum absolute atomic E-state index is 0.0336. The first-order chi connectivity index (χ1) is 8.77. The second-order valence-corrected chi connectivity index (χ2v) is 4.28. The molecule has 2 aromatic carbocycles. The van der Waals surface area contributed by atoms with E-state index in [0.29, 0.717) is 10.4 Å². The van der Waals surface area contributed by atoms with Gasteiger partial charge in [0.05, 0.1) is 5.21 Å². The molecule has 0 aliphatic carbocycles. The average Bonchev–Trinajstić information content (AvgIpc) is 2.77. The molecular formula is C14H13N3O. The van der Waals surface area contributed by atoms with Crippen molar-refractivity contribution in [1.29, 1.82) is 0 Å². The van der Waals surface area contributed by atoms with Gasteiger partial charge in [0.1, 0.15) is 6.04 Å².